The third kappa shape index (κ3) is 4.40. The maximum absolute atomic E-state index is 12.9. The third-order valence-electron chi connectivity index (χ3n) is 3.49. The highest BCUT2D eigenvalue weighted by Crippen LogP contribution is 2.28. The molecule has 0 saturated heterocycles. The van der Waals surface area contributed by atoms with Gasteiger partial charge in [0.2, 0.25) is 10.0 Å². The van der Waals surface area contributed by atoms with Crippen LogP contribution in [0.5, 0.6) is 0 Å². The molecule has 5 nitrogen and oxygen atoms in total. The first-order valence-electron chi connectivity index (χ1n) is 7.18. The maximum atomic E-state index is 12.9. The van der Waals surface area contributed by atoms with Gasteiger partial charge in [-0.3, -0.25) is 0 Å². The molecule has 124 valence electrons. The normalized spacial score (nSPS) is 13.6. The molecule has 1 atom stereocenters. The van der Waals surface area contributed by atoms with Crippen LogP contribution in [0.3, 0.4) is 0 Å². The Kier molecular flexibility index (Phi) is 5.56. The van der Waals surface area contributed by atoms with E-state index in [1.807, 2.05) is 0 Å². The Morgan fingerprint density at radius 1 is 0.870 bits per heavy atom. The largest absolute Gasteiger partial charge is 0.223 e. The third-order valence-corrected chi connectivity index (χ3v) is 6.97. The van der Waals surface area contributed by atoms with E-state index in [0.717, 1.165) is 0 Å². The number of hydrogen-bond donors (Lipinski definition) is 1. The molecule has 0 fully saturated rings. The van der Waals surface area contributed by atoms with Gasteiger partial charge in [-0.1, -0.05) is 48.5 Å². The Morgan fingerprint density at radius 2 is 1.39 bits per heavy atom. The Bertz CT molecular complexity index is 832. The van der Waals surface area contributed by atoms with Gasteiger partial charge in [-0.05, 0) is 24.6 Å². The van der Waals surface area contributed by atoms with Crippen molar-refractivity contribution >= 4 is 19.9 Å². The molecule has 7 heteroatoms. The first-order valence-corrected chi connectivity index (χ1v) is 10.4. The van der Waals surface area contributed by atoms with Crippen LogP contribution < -0.4 is 4.72 Å². The molecule has 0 saturated carbocycles. The fraction of sp³-hybridized carbons (Fsp3) is 0.250. The van der Waals surface area contributed by atoms with Crippen molar-refractivity contribution in [1.82, 2.24) is 4.72 Å². The number of hydrogen-bond acceptors (Lipinski definition) is 4. The Balaban J connectivity index is 2.42. The second-order valence-electron chi connectivity index (χ2n) is 5.01. The lowest BCUT2D eigenvalue weighted by atomic mass is 10.1. The van der Waals surface area contributed by atoms with Gasteiger partial charge in [-0.25, -0.2) is 21.6 Å². The molecule has 0 aliphatic rings. The summed E-state index contributed by atoms with van der Waals surface area (Å²) in [6, 6.07) is 16.7. The molecule has 0 amide bonds. The molecule has 0 bridgehead atoms. The molecule has 0 aromatic heterocycles. The predicted molar refractivity (Wildman–Crippen MR) is 90.3 cm³/mol. The number of sulfonamides is 1. The van der Waals surface area contributed by atoms with E-state index in [1.54, 1.807) is 48.5 Å². The predicted octanol–water partition coefficient (Wildman–Crippen LogP) is 2.14. The number of rotatable bonds is 7. The van der Waals surface area contributed by atoms with Crippen LogP contribution in [0.1, 0.15) is 17.7 Å². The summed E-state index contributed by atoms with van der Waals surface area (Å²) in [4.78, 5) is 0.171. The van der Waals surface area contributed by atoms with Crippen molar-refractivity contribution in [1.29, 1.82) is 0 Å². The van der Waals surface area contributed by atoms with Crippen LogP contribution in [0.25, 0.3) is 0 Å². The molecule has 0 radical (unpaired) electrons. The average Bonchev–Trinajstić information content (AvgIpc) is 2.56. The number of nitrogens with one attached hydrogen (secondary N) is 1. The Hall–Kier alpha value is -1.70. The zero-order chi connectivity index (χ0) is 16.9. The van der Waals surface area contributed by atoms with Gasteiger partial charge in [0.05, 0.1) is 10.6 Å². The van der Waals surface area contributed by atoms with Crippen LogP contribution in [0.4, 0.5) is 0 Å². The van der Waals surface area contributed by atoms with Gasteiger partial charge >= 0.3 is 0 Å². The first-order chi connectivity index (χ1) is 10.9. The summed E-state index contributed by atoms with van der Waals surface area (Å²) >= 11 is 0. The maximum Gasteiger partial charge on any atom is 0.211 e. The summed E-state index contributed by atoms with van der Waals surface area (Å²) in [6.45, 7) is 1.31. The molecule has 1 N–H and O–H groups in total. The minimum absolute atomic E-state index is 0.0973. The highest BCUT2D eigenvalue weighted by atomic mass is 32.2. The number of sulfone groups is 1. The highest BCUT2D eigenvalue weighted by Gasteiger charge is 2.29. The summed E-state index contributed by atoms with van der Waals surface area (Å²) in [5, 5.41) is -0.979. The average molecular weight is 353 g/mol. The van der Waals surface area contributed by atoms with E-state index in [0.29, 0.717) is 5.56 Å². The van der Waals surface area contributed by atoms with E-state index in [2.05, 4.69) is 4.72 Å². The van der Waals surface area contributed by atoms with Gasteiger partial charge in [0.25, 0.3) is 0 Å². The molecular formula is C16H19NO4S2. The van der Waals surface area contributed by atoms with E-state index in [1.165, 1.54) is 19.1 Å². The molecule has 2 aromatic carbocycles. The van der Waals surface area contributed by atoms with Gasteiger partial charge in [0, 0.05) is 6.54 Å². The van der Waals surface area contributed by atoms with Crippen LogP contribution in [0, 0.1) is 0 Å². The molecule has 2 aromatic rings. The van der Waals surface area contributed by atoms with Crippen molar-refractivity contribution in [3.63, 3.8) is 0 Å². The van der Waals surface area contributed by atoms with E-state index in [4.69, 9.17) is 0 Å². The van der Waals surface area contributed by atoms with Crippen LogP contribution >= 0.6 is 0 Å². The monoisotopic (exact) mass is 353 g/mol. The lowest BCUT2D eigenvalue weighted by Gasteiger charge is -2.19. The second kappa shape index (κ2) is 7.25. The summed E-state index contributed by atoms with van der Waals surface area (Å²) in [5.41, 5.74) is 0.551. The zero-order valence-electron chi connectivity index (χ0n) is 12.7. The Morgan fingerprint density at radius 3 is 1.91 bits per heavy atom. The van der Waals surface area contributed by atoms with E-state index in [-0.39, 0.29) is 17.2 Å². The smallest absolute Gasteiger partial charge is 0.211 e. The van der Waals surface area contributed by atoms with Crippen molar-refractivity contribution in [2.24, 2.45) is 0 Å². The quantitative estimate of drug-likeness (QED) is 0.827. The van der Waals surface area contributed by atoms with Gasteiger partial charge in [-0.15, -0.1) is 0 Å². The van der Waals surface area contributed by atoms with Crippen LogP contribution in [0.2, 0.25) is 0 Å². The first kappa shape index (κ1) is 17.7. The van der Waals surface area contributed by atoms with Crippen LogP contribution in [-0.2, 0) is 19.9 Å². The lowest BCUT2D eigenvalue weighted by Crippen LogP contribution is -2.32. The van der Waals surface area contributed by atoms with Crippen molar-refractivity contribution in [3.05, 3.63) is 66.2 Å². The van der Waals surface area contributed by atoms with Gasteiger partial charge in [0.15, 0.2) is 9.84 Å². The summed E-state index contributed by atoms with van der Waals surface area (Å²) in [5.74, 6) is -0.0973. The molecule has 2 rings (SSSR count). The SMILES string of the molecule is CCS(=O)(=O)NC[C@H](c1ccccc1)S(=O)(=O)c1ccccc1. The minimum atomic E-state index is -3.71. The van der Waals surface area contributed by atoms with Crippen LogP contribution in [0.15, 0.2) is 65.6 Å². The fourth-order valence-electron chi connectivity index (χ4n) is 2.15. The molecule has 0 heterocycles. The van der Waals surface area contributed by atoms with E-state index >= 15 is 0 Å². The molecule has 0 spiro atoms. The van der Waals surface area contributed by atoms with Gasteiger partial charge in [0.1, 0.15) is 5.25 Å². The topological polar surface area (TPSA) is 80.3 Å². The molecular weight excluding hydrogens is 334 g/mol. The minimum Gasteiger partial charge on any atom is -0.223 e. The zero-order valence-corrected chi connectivity index (χ0v) is 14.3. The molecule has 0 unspecified atom stereocenters. The van der Waals surface area contributed by atoms with Crippen LogP contribution in [-0.4, -0.2) is 29.1 Å². The summed E-state index contributed by atoms with van der Waals surface area (Å²) < 4.78 is 51.6. The molecule has 0 aliphatic heterocycles. The summed E-state index contributed by atoms with van der Waals surface area (Å²) in [7, 11) is -7.19. The van der Waals surface area contributed by atoms with E-state index < -0.39 is 25.1 Å². The summed E-state index contributed by atoms with van der Waals surface area (Å²) in [6.07, 6.45) is 0. The lowest BCUT2D eigenvalue weighted by molar-refractivity contribution is 0.569. The van der Waals surface area contributed by atoms with Crippen molar-refractivity contribution in [2.45, 2.75) is 17.1 Å². The van der Waals surface area contributed by atoms with Crippen molar-refractivity contribution in [2.75, 3.05) is 12.3 Å². The van der Waals surface area contributed by atoms with Crippen molar-refractivity contribution in [3.8, 4) is 0 Å². The van der Waals surface area contributed by atoms with Crippen molar-refractivity contribution < 1.29 is 16.8 Å². The highest BCUT2D eigenvalue weighted by molar-refractivity contribution is 7.92. The fourth-order valence-corrected chi connectivity index (χ4v) is 4.57. The van der Waals surface area contributed by atoms with Gasteiger partial charge in [-0.2, -0.15) is 0 Å². The number of benzene rings is 2. The molecule has 23 heavy (non-hydrogen) atoms. The van der Waals surface area contributed by atoms with Gasteiger partial charge < -0.3 is 0 Å². The molecule has 0 aliphatic carbocycles. The Labute approximate surface area is 137 Å². The second-order valence-corrected chi connectivity index (χ2v) is 9.24. The standard InChI is InChI=1S/C16H19NO4S2/c1-2-22(18,19)17-13-16(14-9-5-3-6-10-14)23(20,21)15-11-7-4-8-12-15/h3-12,16-17H,2,13H2,1H3/t16-/m1/s1. The van der Waals surface area contributed by atoms with E-state index in [9.17, 15) is 16.8 Å².